The van der Waals surface area contributed by atoms with Crippen LogP contribution >= 0.6 is 0 Å². The van der Waals surface area contributed by atoms with Crippen LogP contribution in [-0.2, 0) is 9.59 Å². The molecule has 8 nitrogen and oxygen atoms in total. The van der Waals surface area contributed by atoms with Crippen molar-refractivity contribution >= 4 is 23.9 Å². The first-order valence-corrected chi connectivity index (χ1v) is 6.66. The minimum Gasteiger partial charge on any atom is -0.336 e. The Balaban J connectivity index is 1.71. The predicted octanol–water partition coefficient (Wildman–Crippen LogP) is -0.741. The molecule has 1 atom stereocenters. The van der Waals surface area contributed by atoms with E-state index in [9.17, 15) is 19.2 Å². The van der Waals surface area contributed by atoms with Crippen LogP contribution in [0.25, 0.3) is 0 Å². The molecule has 8 heteroatoms. The van der Waals surface area contributed by atoms with Crippen molar-refractivity contribution in [3.63, 3.8) is 0 Å². The zero-order chi connectivity index (χ0) is 14.5. The second kappa shape index (κ2) is 4.19. The largest absolute Gasteiger partial charge is 0.336 e. The Morgan fingerprint density at radius 2 is 2.00 bits per heavy atom. The van der Waals surface area contributed by atoms with Crippen molar-refractivity contribution in [1.29, 1.82) is 0 Å². The molecule has 0 aromatic carbocycles. The summed E-state index contributed by atoms with van der Waals surface area (Å²) in [4.78, 5) is 49.5. The van der Waals surface area contributed by atoms with Gasteiger partial charge in [-0.25, -0.2) is 9.59 Å². The molecule has 6 amide bonds. The maximum atomic E-state index is 12.3. The van der Waals surface area contributed by atoms with Gasteiger partial charge >= 0.3 is 12.1 Å². The van der Waals surface area contributed by atoms with Crippen LogP contribution in [0.1, 0.15) is 19.8 Å². The van der Waals surface area contributed by atoms with Gasteiger partial charge in [0.15, 0.2) is 0 Å². The minimum atomic E-state index is -0.898. The van der Waals surface area contributed by atoms with Crippen molar-refractivity contribution in [3.05, 3.63) is 0 Å². The van der Waals surface area contributed by atoms with E-state index in [1.807, 2.05) is 0 Å². The lowest BCUT2D eigenvalue weighted by atomic mass is 9.96. The molecule has 2 saturated heterocycles. The third-order valence-electron chi connectivity index (χ3n) is 4.15. The van der Waals surface area contributed by atoms with E-state index in [0.29, 0.717) is 6.54 Å². The van der Waals surface area contributed by atoms with Crippen LogP contribution in [0.5, 0.6) is 0 Å². The van der Waals surface area contributed by atoms with Gasteiger partial charge in [0.2, 0.25) is 0 Å². The van der Waals surface area contributed by atoms with E-state index in [1.54, 1.807) is 6.92 Å². The van der Waals surface area contributed by atoms with Gasteiger partial charge < -0.3 is 10.6 Å². The zero-order valence-corrected chi connectivity index (χ0v) is 11.1. The zero-order valence-electron chi connectivity index (χ0n) is 11.1. The fraction of sp³-hybridized carbons (Fsp3) is 0.667. The molecule has 0 unspecified atom stereocenters. The second-order valence-corrected chi connectivity index (χ2v) is 5.58. The Hall–Kier alpha value is -2.12. The highest BCUT2D eigenvalue weighted by atomic mass is 16.2. The number of nitrogens with zero attached hydrogens (tertiary/aromatic N) is 2. The molecule has 3 rings (SSSR count). The Morgan fingerprint density at radius 1 is 1.30 bits per heavy atom. The standard InChI is InChI=1S/C12H16N4O4/c1-12(7-2-3-7)9(18)16(11(20)14-12)6-8(17)15-5-4-13-10(15)19/h7H,2-6H2,1H3,(H,13,19)(H,14,20)/t12-/m1/s1. The van der Waals surface area contributed by atoms with Crippen LogP contribution in [0, 0.1) is 5.92 Å². The second-order valence-electron chi connectivity index (χ2n) is 5.58. The third kappa shape index (κ3) is 1.83. The Kier molecular flexibility index (Phi) is 2.70. The van der Waals surface area contributed by atoms with Crippen LogP contribution in [0.15, 0.2) is 0 Å². The van der Waals surface area contributed by atoms with Gasteiger partial charge in [0.25, 0.3) is 11.8 Å². The number of rotatable bonds is 3. The van der Waals surface area contributed by atoms with E-state index in [-0.39, 0.29) is 24.9 Å². The van der Waals surface area contributed by atoms with E-state index in [0.717, 1.165) is 22.6 Å². The number of amides is 6. The summed E-state index contributed by atoms with van der Waals surface area (Å²) in [6, 6.07) is -1.04. The first-order chi connectivity index (χ1) is 9.43. The minimum absolute atomic E-state index is 0.147. The summed E-state index contributed by atoms with van der Waals surface area (Å²) in [5.74, 6) is -0.768. The summed E-state index contributed by atoms with van der Waals surface area (Å²) in [5.41, 5.74) is -0.898. The topological polar surface area (TPSA) is 98.8 Å². The number of carbonyl (C=O) groups excluding carboxylic acids is 4. The third-order valence-corrected chi connectivity index (χ3v) is 4.15. The lowest BCUT2D eigenvalue weighted by Crippen LogP contribution is -2.47. The van der Waals surface area contributed by atoms with Crippen LogP contribution in [0.2, 0.25) is 0 Å². The summed E-state index contributed by atoms with van der Waals surface area (Å²) in [6.07, 6.45) is 1.80. The van der Waals surface area contributed by atoms with E-state index in [4.69, 9.17) is 0 Å². The molecule has 1 saturated carbocycles. The molecule has 0 aromatic rings. The fourth-order valence-corrected chi connectivity index (χ4v) is 2.73. The van der Waals surface area contributed by atoms with Crippen LogP contribution in [-0.4, -0.2) is 58.8 Å². The van der Waals surface area contributed by atoms with Crippen LogP contribution in [0.4, 0.5) is 9.59 Å². The highest BCUT2D eigenvalue weighted by Crippen LogP contribution is 2.42. The fourth-order valence-electron chi connectivity index (χ4n) is 2.73. The molecule has 3 fully saturated rings. The summed E-state index contributed by atoms with van der Waals surface area (Å²) in [7, 11) is 0. The molecule has 20 heavy (non-hydrogen) atoms. The first-order valence-electron chi connectivity index (χ1n) is 6.66. The maximum absolute atomic E-state index is 12.3. The van der Waals surface area contributed by atoms with Crippen molar-refractivity contribution in [2.24, 2.45) is 5.92 Å². The molecule has 3 aliphatic rings. The molecule has 108 valence electrons. The summed E-state index contributed by atoms with van der Waals surface area (Å²) >= 11 is 0. The Morgan fingerprint density at radius 3 is 2.55 bits per heavy atom. The van der Waals surface area contributed by atoms with Crippen LogP contribution in [0.3, 0.4) is 0 Å². The average molecular weight is 280 g/mol. The number of hydrogen-bond donors (Lipinski definition) is 2. The number of hydrogen-bond acceptors (Lipinski definition) is 4. The quantitative estimate of drug-likeness (QED) is 0.665. The van der Waals surface area contributed by atoms with Crippen molar-refractivity contribution in [1.82, 2.24) is 20.4 Å². The summed E-state index contributed by atoms with van der Waals surface area (Å²) < 4.78 is 0. The predicted molar refractivity (Wildman–Crippen MR) is 66.5 cm³/mol. The van der Waals surface area contributed by atoms with E-state index < -0.39 is 23.5 Å². The normalized spacial score (nSPS) is 29.8. The van der Waals surface area contributed by atoms with Gasteiger partial charge in [-0.2, -0.15) is 0 Å². The molecule has 2 heterocycles. The van der Waals surface area contributed by atoms with E-state index in [2.05, 4.69) is 10.6 Å². The lowest BCUT2D eigenvalue weighted by Gasteiger charge is -2.21. The molecule has 1 aliphatic carbocycles. The van der Waals surface area contributed by atoms with Gasteiger partial charge in [0.1, 0.15) is 12.1 Å². The number of nitrogens with one attached hydrogen (secondary N) is 2. The maximum Gasteiger partial charge on any atom is 0.325 e. The SMILES string of the molecule is C[C@]1(C2CC2)NC(=O)N(CC(=O)N2CCNC2=O)C1=O. The van der Waals surface area contributed by atoms with Crippen molar-refractivity contribution in [2.45, 2.75) is 25.3 Å². The van der Waals surface area contributed by atoms with Crippen molar-refractivity contribution < 1.29 is 19.2 Å². The van der Waals surface area contributed by atoms with Gasteiger partial charge in [0, 0.05) is 13.1 Å². The summed E-state index contributed by atoms with van der Waals surface area (Å²) in [6.45, 7) is 1.96. The van der Waals surface area contributed by atoms with Gasteiger partial charge in [-0.15, -0.1) is 0 Å². The molecule has 2 aliphatic heterocycles. The number of carbonyl (C=O) groups is 4. The lowest BCUT2D eigenvalue weighted by molar-refractivity contribution is -0.137. The molecular formula is C12H16N4O4. The van der Waals surface area contributed by atoms with Crippen LogP contribution < -0.4 is 10.6 Å². The highest BCUT2D eigenvalue weighted by molar-refractivity contribution is 6.10. The van der Waals surface area contributed by atoms with Gasteiger partial charge in [-0.1, -0.05) is 0 Å². The highest BCUT2D eigenvalue weighted by Gasteiger charge is 2.56. The van der Waals surface area contributed by atoms with Gasteiger partial charge in [-0.05, 0) is 25.7 Å². The number of urea groups is 2. The van der Waals surface area contributed by atoms with Gasteiger partial charge in [0.05, 0.1) is 0 Å². The van der Waals surface area contributed by atoms with E-state index >= 15 is 0 Å². The molecular weight excluding hydrogens is 264 g/mol. The van der Waals surface area contributed by atoms with E-state index in [1.165, 1.54) is 0 Å². The molecule has 0 bridgehead atoms. The molecule has 0 aromatic heterocycles. The van der Waals surface area contributed by atoms with Gasteiger partial charge in [-0.3, -0.25) is 19.4 Å². The smallest absolute Gasteiger partial charge is 0.325 e. The monoisotopic (exact) mass is 280 g/mol. The molecule has 2 N–H and O–H groups in total. The Bertz CT molecular complexity index is 516. The molecule has 0 spiro atoms. The average Bonchev–Trinajstić information content (AvgIpc) is 3.13. The molecule has 0 radical (unpaired) electrons. The van der Waals surface area contributed by atoms with Crippen molar-refractivity contribution in [3.8, 4) is 0 Å². The Labute approximate surface area is 115 Å². The first kappa shape index (κ1) is 12.9. The summed E-state index contributed by atoms with van der Waals surface area (Å²) in [5, 5.41) is 5.17. The number of imide groups is 2. The van der Waals surface area contributed by atoms with Crippen molar-refractivity contribution in [2.75, 3.05) is 19.6 Å².